The van der Waals surface area contributed by atoms with E-state index >= 15 is 0 Å². The molecule has 0 spiro atoms. The third kappa shape index (κ3) is 4.33. The van der Waals surface area contributed by atoms with E-state index in [0.717, 1.165) is 43.3 Å². The van der Waals surface area contributed by atoms with Crippen LogP contribution in [-0.2, 0) is 0 Å². The predicted octanol–water partition coefficient (Wildman–Crippen LogP) is 2.16. The van der Waals surface area contributed by atoms with E-state index in [1.165, 1.54) is 0 Å². The number of phenols is 1. The Morgan fingerprint density at radius 2 is 1.88 bits per heavy atom. The molecule has 1 aromatic carbocycles. The predicted molar refractivity (Wildman–Crippen MR) is 102 cm³/mol. The molecule has 0 saturated carbocycles. The van der Waals surface area contributed by atoms with Crippen molar-refractivity contribution in [2.75, 3.05) is 37.6 Å². The Kier molecular flexibility index (Phi) is 5.41. The van der Waals surface area contributed by atoms with E-state index in [0.29, 0.717) is 12.1 Å². The van der Waals surface area contributed by atoms with E-state index in [9.17, 15) is 9.90 Å². The van der Waals surface area contributed by atoms with Crippen LogP contribution in [0, 0.1) is 6.92 Å². The topological polar surface area (TPSA) is 68.7 Å². The van der Waals surface area contributed by atoms with Crippen LogP contribution in [0.3, 0.4) is 0 Å². The number of amides is 1. The molecule has 2 N–H and O–H groups in total. The number of rotatable bonds is 5. The highest BCUT2D eigenvalue weighted by Gasteiger charge is 2.18. The summed E-state index contributed by atoms with van der Waals surface area (Å²) in [5.74, 6) is 0.167. The van der Waals surface area contributed by atoms with E-state index < -0.39 is 0 Å². The second-order valence-electron chi connectivity index (χ2n) is 6.43. The van der Waals surface area contributed by atoms with Crippen LogP contribution in [0.15, 0.2) is 54.9 Å². The quantitative estimate of drug-likeness (QED) is 0.863. The first kappa shape index (κ1) is 17.8. The van der Waals surface area contributed by atoms with E-state index in [1.807, 2.05) is 19.1 Å². The van der Waals surface area contributed by atoms with Crippen LogP contribution >= 0.6 is 0 Å². The van der Waals surface area contributed by atoms with Crippen molar-refractivity contribution in [1.82, 2.24) is 15.2 Å². The molecule has 0 unspecified atom stereocenters. The third-order valence-electron chi connectivity index (χ3n) is 4.55. The van der Waals surface area contributed by atoms with Crippen molar-refractivity contribution in [3.63, 3.8) is 0 Å². The minimum Gasteiger partial charge on any atom is -0.508 e. The van der Waals surface area contributed by atoms with E-state index in [-0.39, 0.29) is 11.7 Å². The van der Waals surface area contributed by atoms with Crippen LogP contribution in [0.2, 0.25) is 0 Å². The Hall–Kier alpha value is -3.02. The van der Waals surface area contributed by atoms with Crippen molar-refractivity contribution in [2.24, 2.45) is 0 Å². The van der Waals surface area contributed by atoms with Gasteiger partial charge in [-0.05, 0) is 43.3 Å². The Balaban J connectivity index is 1.47. The van der Waals surface area contributed by atoms with Crippen LogP contribution in [0.4, 0.5) is 5.69 Å². The first-order chi connectivity index (χ1) is 12.5. The summed E-state index contributed by atoms with van der Waals surface area (Å²) >= 11 is 0. The molecule has 0 bridgehead atoms. The van der Waals surface area contributed by atoms with Crippen molar-refractivity contribution in [2.45, 2.75) is 6.92 Å². The number of aromatic nitrogens is 1. The molecular weight excluding hydrogens is 328 g/mol. The number of pyridine rings is 1. The van der Waals surface area contributed by atoms with Gasteiger partial charge >= 0.3 is 0 Å². The summed E-state index contributed by atoms with van der Waals surface area (Å²) < 4.78 is 0. The summed E-state index contributed by atoms with van der Waals surface area (Å²) in [6, 6.07) is 10.7. The minimum absolute atomic E-state index is 0.112. The number of aryl methyl sites for hydroxylation is 1. The Labute approximate surface area is 153 Å². The molecule has 1 aromatic heterocycles. The molecule has 1 fully saturated rings. The van der Waals surface area contributed by atoms with Gasteiger partial charge in [0.2, 0.25) is 0 Å². The maximum absolute atomic E-state index is 12.2. The molecule has 1 saturated heterocycles. The van der Waals surface area contributed by atoms with Gasteiger partial charge in [0.1, 0.15) is 5.75 Å². The summed E-state index contributed by atoms with van der Waals surface area (Å²) in [5, 5.41) is 12.3. The van der Waals surface area contributed by atoms with Crippen LogP contribution in [0.25, 0.3) is 0 Å². The largest absolute Gasteiger partial charge is 0.508 e. The highest BCUT2D eigenvalue weighted by molar-refractivity contribution is 5.94. The zero-order chi connectivity index (χ0) is 18.5. The molecule has 0 radical (unpaired) electrons. The average molecular weight is 352 g/mol. The first-order valence-corrected chi connectivity index (χ1v) is 8.70. The smallest absolute Gasteiger partial charge is 0.251 e. The lowest BCUT2D eigenvalue weighted by Crippen LogP contribution is -2.47. The number of phenolic OH excluding ortho intramolecular Hbond substituents is 1. The van der Waals surface area contributed by atoms with Gasteiger partial charge in [-0.1, -0.05) is 6.58 Å². The van der Waals surface area contributed by atoms with Gasteiger partial charge in [0.25, 0.3) is 5.91 Å². The summed E-state index contributed by atoms with van der Waals surface area (Å²) in [4.78, 5) is 20.8. The number of benzene rings is 1. The molecule has 6 heteroatoms. The van der Waals surface area contributed by atoms with Gasteiger partial charge in [-0.25, -0.2) is 0 Å². The number of piperazine rings is 1. The summed E-state index contributed by atoms with van der Waals surface area (Å²) in [6.07, 6.45) is 1.64. The minimum atomic E-state index is -0.112. The molecule has 2 heterocycles. The number of carbonyl (C=O) groups is 1. The van der Waals surface area contributed by atoms with Crippen molar-refractivity contribution in [1.29, 1.82) is 0 Å². The second-order valence-corrected chi connectivity index (χ2v) is 6.43. The number of aromatic hydroxyl groups is 1. The molecule has 2 aromatic rings. The molecule has 6 nitrogen and oxygen atoms in total. The number of nitrogens with one attached hydrogen (secondary N) is 1. The normalized spacial score (nSPS) is 14.2. The van der Waals surface area contributed by atoms with Crippen molar-refractivity contribution in [3.05, 3.63) is 66.1 Å². The third-order valence-corrected chi connectivity index (χ3v) is 4.55. The molecular formula is C20H24N4O2. The molecule has 1 amide bonds. The fourth-order valence-electron chi connectivity index (χ4n) is 3.03. The number of hydrogen-bond donors (Lipinski definition) is 2. The lowest BCUT2D eigenvalue weighted by Gasteiger charge is -2.38. The van der Waals surface area contributed by atoms with Gasteiger partial charge in [-0.3, -0.25) is 9.78 Å². The van der Waals surface area contributed by atoms with Crippen LogP contribution in [0.5, 0.6) is 5.75 Å². The lowest BCUT2D eigenvalue weighted by molar-refractivity contribution is 0.0953. The van der Waals surface area contributed by atoms with E-state index in [2.05, 4.69) is 26.7 Å². The van der Waals surface area contributed by atoms with Gasteiger partial charge in [0.05, 0.1) is 6.54 Å². The van der Waals surface area contributed by atoms with Gasteiger partial charge in [0.15, 0.2) is 0 Å². The molecule has 1 aliphatic heterocycles. The maximum atomic E-state index is 12.2. The molecule has 136 valence electrons. The maximum Gasteiger partial charge on any atom is 0.251 e. The van der Waals surface area contributed by atoms with Gasteiger partial charge in [-0.15, -0.1) is 0 Å². The Morgan fingerprint density at radius 1 is 1.19 bits per heavy atom. The first-order valence-electron chi connectivity index (χ1n) is 8.70. The van der Waals surface area contributed by atoms with E-state index in [1.54, 1.807) is 30.5 Å². The van der Waals surface area contributed by atoms with E-state index in [4.69, 9.17) is 0 Å². The summed E-state index contributed by atoms with van der Waals surface area (Å²) in [6.45, 7) is 9.87. The number of hydrogen-bond acceptors (Lipinski definition) is 5. The SMILES string of the molecule is C=C(CNC(=O)c1ccnc(C)c1)N1CCN(c2ccc(O)cc2)CC1. The molecule has 26 heavy (non-hydrogen) atoms. The van der Waals surface area contributed by atoms with Crippen LogP contribution < -0.4 is 10.2 Å². The Morgan fingerprint density at radius 3 is 2.54 bits per heavy atom. The monoisotopic (exact) mass is 352 g/mol. The van der Waals surface area contributed by atoms with Crippen molar-refractivity contribution in [3.8, 4) is 5.75 Å². The van der Waals surface area contributed by atoms with Gasteiger partial charge < -0.3 is 20.2 Å². The lowest BCUT2D eigenvalue weighted by atomic mass is 10.2. The number of carbonyl (C=O) groups excluding carboxylic acids is 1. The fourth-order valence-corrected chi connectivity index (χ4v) is 3.03. The van der Waals surface area contributed by atoms with Crippen LogP contribution in [0.1, 0.15) is 16.1 Å². The summed E-state index contributed by atoms with van der Waals surface area (Å²) in [7, 11) is 0. The highest BCUT2D eigenvalue weighted by Crippen LogP contribution is 2.20. The standard InChI is InChI=1S/C20H24N4O2/c1-15-13-17(7-8-21-15)20(26)22-14-16(2)23-9-11-24(12-10-23)18-3-5-19(25)6-4-18/h3-8,13,25H,2,9-12,14H2,1H3,(H,22,26). The summed E-state index contributed by atoms with van der Waals surface area (Å²) in [5.41, 5.74) is 3.45. The molecule has 0 atom stereocenters. The van der Waals surface area contributed by atoms with Gasteiger partial charge in [0, 0.05) is 55.0 Å². The molecule has 0 aliphatic carbocycles. The van der Waals surface area contributed by atoms with Crippen LogP contribution in [-0.4, -0.2) is 53.6 Å². The highest BCUT2D eigenvalue weighted by atomic mass is 16.3. The fraction of sp³-hybridized carbons (Fsp3) is 0.300. The zero-order valence-electron chi connectivity index (χ0n) is 15.0. The van der Waals surface area contributed by atoms with Crippen molar-refractivity contribution < 1.29 is 9.90 Å². The number of anilines is 1. The molecule has 3 rings (SSSR count). The average Bonchev–Trinajstić information content (AvgIpc) is 2.66. The molecule has 1 aliphatic rings. The second kappa shape index (κ2) is 7.91. The zero-order valence-corrected chi connectivity index (χ0v) is 15.0. The van der Waals surface area contributed by atoms with Crippen molar-refractivity contribution >= 4 is 11.6 Å². The van der Waals surface area contributed by atoms with Gasteiger partial charge in [-0.2, -0.15) is 0 Å². The number of nitrogens with zero attached hydrogens (tertiary/aromatic N) is 3. The Bertz CT molecular complexity index is 781.